The average molecular weight is 887 g/mol. The van der Waals surface area contributed by atoms with Crippen molar-refractivity contribution in [1.82, 2.24) is 10.6 Å². The average Bonchev–Trinajstić information content (AvgIpc) is 3.27. The lowest BCUT2D eigenvalue weighted by Gasteiger charge is -2.10. The molecule has 13 nitrogen and oxygen atoms in total. The SMILES string of the molecule is COC(=O)CC[S+]([O-])CC(=O)NCCCCCC(=O)Nc1cccc(-c2ccccc2)c1.O=C(O)CCSCC(=O)NCCCCCC(=O)Nc1cccc(-c2ccccc2)c1. The summed E-state index contributed by atoms with van der Waals surface area (Å²) in [4.78, 5) is 69.2. The van der Waals surface area contributed by atoms with Crippen molar-refractivity contribution in [1.29, 1.82) is 0 Å². The molecular weight excluding hydrogens is 829 g/mol. The highest BCUT2D eigenvalue weighted by molar-refractivity contribution is 7.99. The van der Waals surface area contributed by atoms with E-state index in [1.807, 2.05) is 109 Å². The van der Waals surface area contributed by atoms with Crippen LogP contribution in [0.5, 0.6) is 0 Å². The summed E-state index contributed by atoms with van der Waals surface area (Å²) in [6, 6.07) is 35.6. The first-order valence-corrected chi connectivity index (χ1v) is 23.3. The van der Waals surface area contributed by atoms with Crippen molar-refractivity contribution in [2.75, 3.05) is 53.8 Å². The largest absolute Gasteiger partial charge is 0.616 e. The molecule has 0 saturated heterocycles. The smallest absolute Gasteiger partial charge is 0.310 e. The molecule has 0 heterocycles. The fourth-order valence-electron chi connectivity index (χ4n) is 5.84. The van der Waals surface area contributed by atoms with Crippen LogP contribution >= 0.6 is 11.8 Å². The molecule has 0 aromatic heterocycles. The number of hydrogen-bond donors (Lipinski definition) is 5. The van der Waals surface area contributed by atoms with Gasteiger partial charge in [-0.2, -0.15) is 11.8 Å². The molecule has 0 aliphatic heterocycles. The second-order valence-corrected chi connectivity index (χ2v) is 16.8. The predicted molar refractivity (Wildman–Crippen MR) is 248 cm³/mol. The lowest BCUT2D eigenvalue weighted by molar-refractivity contribution is -0.140. The lowest BCUT2D eigenvalue weighted by atomic mass is 10.1. The molecule has 4 amide bonds. The Morgan fingerprint density at radius 2 is 1.06 bits per heavy atom. The summed E-state index contributed by atoms with van der Waals surface area (Å²) in [6.45, 7) is 1.03. The zero-order valence-electron chi connectivity index (χ0n) is 35.2. The van der Waals surface area contributed by atoms with E-state index in [4.69, 9.17) is 5.11 Å². The molecule has 0 spiro atoms. The third kappa shape index (κ3) is 22.8. The van der Waals surface area contributed by atoms with E-state index in [0.29, 0.717) is 38.1 Å². The molecule has 0 aliphatic carbocycles. The number of hydrogen-bond acceptors (Lipinski definition) is 9. The van der Waals surface area contributed by atoms with Gasteiger partial charge in [0.15, 0.2) is 5.75 Å². The molecule has 62 heavy (non-hydrogen) atoms. The number of carboxylic acids is 1. The number of carbonyl (C=O) groups is 6. The first-order chi connectivity index (χ1) is 30.0. The quantitative estimate of drug-likeness (QED) is 0.0239. The molecule has 0 saturated carbocycles. The molecule has 4 rings (SSSR count). The number of anilines is 2. The van der Waals surface area contributed by atoms with E-state index in [2.05, 4.69) is 26.0 Å². The summed E-state index contributed by atoms with van der Waals surface area (Å²) in [5.41, 5.74) is 5.86. The third-order valence-corrected chi connectivity index (χ3v) is 11.3. The number of rotatable bonds is 26. The number of thioether (sulfide) groups is 1. The Kier molecular flexibility index (Phi) is 24.9. The highest BCUT2D eigenvalue weighted by atomic mass is 32.2. The van der Waals surface area contributed by atoms with Crippen LogP contribution in [0.25, 0.3) is 22.3 Å². The van der Waals surface area contributed by atoms with Gasteiger partial charge in [-0.25, -0.2) is 0 Å². The molecule has 1 atom stereocenters. The minimum atomic E-state index is -1.39. The molecule has 1 unspecified atom stereocenters. The predicted octanol–water partition coefficient (Wildman–Crippen LogP) is 7.46. The Balaban J connectivity index is 0.000000331. The van der Waals surface area contributed by atoms with Gasteiger partial charge >= 0.3 is 11.9 Å². The molecule has 332 valence electrons. The van der Waals surface area contributed by atoms with Crippen molar-refractivity contribution >= 4 is 69.9 Å². The van der Waals surface area contributed by atoms with Gasteiger partial charge < -0.3 is 35.7 Å². The van der Waals surface area contributed by atoms with E-state index in [-0.39, 0.29) is 53.7 Å². The molecule has 15 heteroatoms. The fraction of sp³-hybridized carbons (Fsp3) is 0.362. The second-order valence-electron chi connectivity index (χ2n) is 14.1. The number of carbonyl (C=O) groups excluding carboxylic acids is 5. The van der Waals surface area contributed by atoms with Crippen LogP contribution in [0.1, 0.15) is 64.2 Å². The number of nitrogens with one attached hydrogen (secondary N) is 4. The maximum absolute atomic E-state index is 12.2. The zero-order chi connectivity index (χ0) is 44.8. The minimum absolute atomic E-state index is 0.0147. The number of benzene rings is 4. The summed E-state index contributed by atoms with van der Waals surface area (Å²) < 4.78 is 16.2. The molecule has 4 aromatic rings. The van der Waals surface area contributed by atoms with Crippen molar-refractivity contribution in [2.45, 2.75) is 64.2 Å². The highest BCUT2D eigenvalue weighted by Gasteiger charge is 2.15. The number of methoxy groups -OCH3 is 1. The van der Waals surface area contributed by atoms with Gasteiger partial charge in [-0.3, -0.25) is 28.8 Å². The van der Waals surface area contributed by atoms with Crippen molar-refractivity contribution in [3.8, 4) is 22.3 Å². The van der Waals surface area contributed by atoms with Crippen molar-refractivity contribution in [2.24, 2.45) is 0 Å². The molecule has 0 aliphatic rings. The van der Waals surface area contributed by atoms with E-state index >= 15 is 0 Å². The van der Waals surface area contributed by atoms with Crippen LogP contribution < -0.4 is 21.3 Å². The summed E-state index contributed by atoms with van der Waals surface area (Å²) >= 11 is -0.0703. The Morgan fingerprint density at radius 3 is 1.55 bits per heavy atom. The van der Waals surface area contributed by atoms with Gasteiger partial charge in [0.1, 0.15) is 5.75 Å². The van der Waals surface area contributed by atoms with Crippen LogP contribution in [-0.4, -0.2) is 88.4 Å². The van der Waals surface area contributed by atoms with Gasteiger partial charge in [-0.15, -0.1) is 0 Å². The summed E-state index contributed by atoms with van der Waals surface area (Å²) in [7, 11) is 1.27. The van der Waals surface area contributed by atoms with E-state index in [1.54, 1.807) is 0 Å². The Bertz CT molecular complexity index is 1990. The van der Waals surface area contributed by atoms with Gasteiger partial charge in [-0.05, 0) is 83.4 Å². The van der Waals surface area contributed by atoms with Crippen LogP contribution in [0.4, 0.5) is 11.4 Å². The normalized spacial score (nSPS) is 10.9. The van der Waals surface area contributed by atoms with Crippen molar-refractivity contribution < 1.29 is 43.2 Å². The zero-order valence-corrected chi connectivity index (χ0v) is 36.9. The third-order valence-electron chi connectivity index (χ3n) is 9.06. The van der Waals surface area contributed by atoms with Crippen LogP contribution in [0.15, 0.2) is 109 Å². The number of amides is 4. The minimum Gasteiger partial charge on any atom is -0.616 e. The number of carboxylic acid groups (broad SMARTS) is 1. The number of ether oxygens (including phenoxy) is 1. The molecule has 5 N–H and O–H groups in total. The molecule has 0 fully saturated rings. The molecular formula is C47H58N4O9S2. The van der Waals surface area contributed by atoms with Gasteiger partial charge in [0.25, 0.3) is 5.91 Å². The van der Waals surface area contributed by atoms with Crippen molar-refractivity contribution in [3.05, 3.63) is 109 Å². The van der Waals surface area contributed by atoms with Crippen LogP contribution in [0.2, 0.25) is 0 Å². The van der Waals surface area contributed by atoms with Gasteiger partial charge in [0, 0.05) is 43.1 Å². The summed E-state index contributed by atoms with van der Waals surface area (Å²) in [5.74, 6) is -1.03. The number of aliphatic carboxylic acids is 1. The van der Waals surface area contributed by atoms with Gasteiger partial charge in [0.2, 0.25) is 17.7 Å². The Hall–Kier alpha value is -5.64. The standard InChI is InChI=1S/C24H30N2O5S.C23H28N2O4S/c1-31-24(29)14-16-32(30)18-23(28)25-15-7-3-6-13-22(27)26-21-12-8-11-20(17-21)19-9-4-2-5-10-19;26-21(12-5-2-6-14-24-22(27)17-30-15-13-23(28)29)25-20-11-7-10-19(16-20)18-8-3-1-4-9-18/h2,4-5,8-12,17H,3,6-7,13-16,18H2,1H3,(H,25,28)(H,26,27);1,3-4,7-11,16H,2,5-6,12-15,17H2,(H,24,27)(H,25,26)(H,28,29). The number of unbranched alkanes of at least 4 members (excludes halogenated alkanes) is 4. The Labute approximate surface area is 371 Å². The van der Waals surface area contributed by atoms with Crippen LogP contribution in [0.3, 0.4) is 0 Å². The van der Waals surface area contributed by atoms with Gasteiger partial charge in [0.05, 0.1) is 25.7 Å². The summed E-state index contributed by atoms with van der Waals surface area (Å²) in [5, 5.41) is 19.9. The van der Waals surface area contributed by atoms with Crippen LogP contribution in [0, 0.1) is 0 Å². The van der Waals surface area contributed by atoms with E-state index in [1.165, 1.54) is 18.9 Å². The van der Waals surface area contributed by atoms with E-state index in [9.17, 15) is 33.3 Å². The maximum Gasteiger partial charge on any atom is 0.310 e. The van der Waals surface area contributed by atoms with Gasteiger partial charge in [-0.1, -0.05) is 97.8 Å². The Morgan fingerprint density at radius 1 is 0.581 bits per heavy atom. The summed E-state index contributed by atoms with van der Waals surface area (Å²) in [6.07, 6.45) is 5.60. The fourth-order valence-corrected chi connectivity index (χ4v) is 7.52. The number of esters is 1. The van der Waals surface area contributed by atoms with E-state index < -0.39 is 23.1 Å². The second kappa shape index (κ2) is 30.4. The lowest BCUT2D eigenvalue weighted by Crippen LogP contribution is -2.32. The molecule has 4 aromatic carbocycles. The molecule has 0 bridgehead atoms. The topological polar surface area (TPSA) is 203 Å². The molecule has 0 radical (unpaired) electrons. The first kappa shape index (κ1) is 50.7. The highest BCUT2D eigenvalue weighted by Crippen LogP contribution is 2.24. The maximum atomic E-state index is 12.2. The van der Waals surface area contributed by atoms with Crippen LogP contribution in [-0.2, 0) is 44.7 Å². The van der Waals surface area contributed by atoms with E-state index in [0.717, 1.165) is 65.7 Å². The first-order valence-electron chi connectivity index (χ1n) is 20.7. The monoisotopic (exact) mass is 886 g/mol. The van der Waals surface area contributed by atoms with Crippen molar-refractivity contribution in [3.63, 3.8) is 0 Å².